The second-order valence-corrected chi connectivity index (χ2v) is 4.41. The van der Waals surface area contributed by atoms with Crippen molar-refractivity contribution < 1.29 is 5.11 Å². The number of hydrogen-bond donors (Lipinski definition) is 2. The standard InChI is InChI=1S/C11H23NO/c1-2-11(8-12,9-13)10-6-4-3-5-7-10/h10,13H,2-9,12H2,1H3. The molecule has 0 radical (unpaired) electrons. The highest BCUT2D eigenvalue weighted by Crippen LogP contribution is 2.39. The predicted octanol–water partition coefficient (Wildman–Crippen LogP) is 1.91. The molecule has 78 valence electrons. The lowest BCUT2D eigenvalue weighted by molar-refractivity contribution is 0.0436. The monoisotopic (exact) mass is 185 g/mol. The van der Waals surface area contributed by atoms with Gasteiger partial charge in [-0.2, -0.15) is 0 Å². The Kier molecular flexibility index (Phi) is 4.20. The number of rotatable bonds is 4. The van der Waals surface area contributed by atoms with Crippen LogP contribution in [0.15, 0.2) is 0 Å². The fourth-order valence-electron chi connectivity index (χ4n) is 2.62. The molecule has 3 N–H and O–H groups in total. The van der Waals surface area contributed by atoms with Crippen molar-refractivity contribution in [1.82, 2.24) is 0 Å². The first-order valence-corrected chi connectivity index (χ1v) is 5.60. The number of aliphatic hydroxyl groups is 1. The van der Waals surface area contributed by atoms with Gasteiger partial charge in [-0.15, -0.1) is 0 Å². The molecule has 1 saturated carbocycles. The molecule has 1 aliphatic carbocycles. The van der Waals surface area contributed by atoms with E-state index in [2.05, 4.69) is 6.92 Å². The van der Waals surface area contributed by atoms with Crippen molar-refractivity contribution in [3.8, 4) is 0 Å². The van der Waals surface area contributed by atoms with Crippen LogP contribution in [0.3, 0.4) is 0 Å². The van der Waals surface area contributed by atoms with Crippen molar-refractivity contribution in [2.24, 2.45) is 17.1 Å². The molecule has 1 fully saturated rings. The molecular weight excluding hydrogens is 162 g/mol. The highest BCUT2D eigenvalue weighted by Gasteiger charge is 2.35. The summed E-state index contributed by atoms with van der Waals surface area (Å²) in [5, 5.41) is 9.45. The zero-order chi connectivity index (χ0) is 9.73. The van der Waals surface area contributed by atoms with Crippen molar-refractivity contribution >= 4 is 0 Å². The number of hydrogen-bond acceptors (Lipinski definition) is 2. The Morgan fingerprint density at radius 3 is 2.31 bits per heavy atom. The molecule has 1 atom stereocenters. The van der Waals surface area contributed by atoms with Gasteiger partial charge in [0.2, 0.25) is 0 Å². The van der Waals surface area contributed by atoms with Crippen molar-refractivity contribution in [3.63, 3.8) is 0 Å². The summed E-state index contributed by atoms with van der Waals surface area (Å²) in [4.78, 5) is 0. The van der Waals surface area contributed by atoms with E-state index in [-0.39, 0.29) is 12.0 Å². The molecule has 13 heavy (non-hydrogen) atoms. The van der Waals surface area contributed by atoms with Gasteiger partial charge in [-0.25, -0.2) is 0 Å². The number of nitrogens with two attached hydrogens (primary N) is 1. The minimum Gasteiger partial charge on any atom is -0.396 e. The average Bonchev–Trinajstić information content (AvgIpc) is 2.23. The van der Waals surface area contributed by atoms with Crippen LogP contribution in [0, 0.1) is 11.3 Å². The quantitative estimate of drug-likeness (QED) is 0.703. The average molecular weight is 185 g/mol. The van der Waals surface area contributed by atoms with Crippen LogP contribution in [-0.2, 0) is 0 Å². The smallest absolute Gasteiger partial charge is 0.0502 e. The fourth-order valence-corrected chi connectivity index (χ4v) is 2.62. The Morgan fingerprint density at radius 2 is 1.92 bits per heavy atom. The van der Waals surface area contributed by atoms with Gasteiger partial charge >= 0.3 is 0 Å². The van der Waals surface area contributed by atoms with Crippen molar-refractivity contribution in [2.75, 3.05) is 13.2 Å². The van der Waals surface area contributed by atoms with E-state index in [1.54, 1.807) is 0 Å². The van der Waals surface area contributed by atoms with Crippen molar-refractivity contribution in [2.45, 2.75) is 45.4 Å². The Labute approximate surface area is 81.5 Å². The normalized spacial score (nSPS) is 24.2. The molecule has 1 unspecified atom stereocenters. The van der Waals surface area contributed by atoms with Crippen LogP contribution < -0.4 is 5.73 Å². The van der Waals surface area contributed by atoms with Crippen molar-refractivity contribution in [1.29, 1.82) is 0 Å². The van der Waals surface area contributed by atoms with Gasteiger partial charge in [0.05, 0.1) is 6.61 Å². The van der Waals surface area contributed by atoms with Crippen molar-refractivity contribution in [3.05, 3.63) is 0 Å². The molecule has 0 heterocycles. The Hall–Kier alpha value is -0.0800. The van der Waals surface area contributed by atoms with Crippen LogP contribution in [0.4, 0.5) is 0 Å². The lowest BCUT2D eigenvalue weighted by Crippen LogP contribution is -2.41. The Morgan fingerprint density at radius 1 is 1.31 bits per heavy atom. The molecule has 0 aromatic heterocycles. The van der Waals surface area contributed by atoms with Gasteiger partial charge in [0.1, 0.15) is 0 Å². The zero-order valence-corrected chi connectivity index (χ0v) is 8.76. The van der Waals surface area contributed by atoms with Crippen LogP contribution in [0.5, 0.6) is 0 Å². The summed E-state index contributed by atoms with van der Waals surface area (Å²) in [6.45, 7) is 3.06. The highest BCUT2D eigenvalue weighted by molar-refractivity contribution is 4.87. The van der Waals surface area contributed by atoms with Gasteiger partial charge < -0.3 is 10.8 Å². The molecule has 0 aliphatic heterocycles. The molecule has 0 saturated heterocycles. The minimum atomic E-state index is 0.0282. The van der Waals surface area contributed by atoms with E-state index in [0.717, 1.165) is 6.42 Å². The first-order valence-electron chi connectivity index (χ1n) is 5.60. The summed E-state index contributed by atoms with van der Waals surface area (Å²) in [6.07, 6.45) is 7.58. The fraction of sp³-hybridized carbons (Fsp3) is 1.00. The van der Waals surface area contributed by atoms with Gasteiger partial charge in [0, 0.05) is 12.0 Å². The summed E-state index contributed by atoms with van der Waals surface area (Å²) in [7, 11) is 0. The molecular formula is C11H23NO. The van der Waals surface area contributed by atoms with E-state index in [9.17, 15) is 5.11 Å². The topological polar surface area (TPSA) is 46.2 Å². The Balaban J connectivity index is 2.60. The van der Waals surface area contributed by atoms with Gasteiger partial charge in [0.25, 0.3) is 0 Å². The van der Waals surface area contributed by atoms with Crippen LogP contribution >= 0.6 is 0 Å². The maximum absolute atomic E-state index is 9.45. The van der Waals surface area contributed by atoms with Gasteiger partial charge in [-0.05, 0) is 25.2 Å². The largest absolute Gasteiger partial charge is 0.396 e. The van der Waals surface area contributed by atoms with Crippen LogP contribution in [0.1, 0.15) is 45.4 Å². The first-order chi connectivity index (χ1) is 6.29. The molecule has 0 spiro atoms. The van der Waals surface area contributed by atoms with E-state index >= 15 is 0 Å². The Bertz CT molecular complexity index is 129. The van der Waals surface area contributed by atoms with E-state index in [1.165, 1.54) is 32.1 Å². The van der Waals surface area contributed by atoms with Crippen LogP contribution in [0.25, 0.3) is 0 Å². The summed E-state index contributed by atoms with van der Waals surface area (Å²) in [6, 6.07) is 0. The maximum atomic E-state index is 9.45. The van der Waals surface area contributed by atoms with E-state index in [0.29, 0.717) is 12.5 Å². The zero-order valence-electron chi connectivity index (χ0n) is 8.76. The molecule has 0 amide bonds. The van der Waals surface area contributed by atoms with E-state index in [4.69, 9.17) is 5.73 Å². The molecule has 1 aliphatic rings. The van der Waals surface area contributed by atoms with E-state index < -0.39 is 0 Å². The first kappa shape index (κ1) is 11.0. The van der Waals surface area contributed by atoms with Gasteiger partial charge in [-0.1, -0.05) is 26.2 Å². The summed E-state index contributed by atoms with van der Waals surface area (Å²) < 4.78 is 0. The third-order valence-electron chi connectivity index (χ3n) is 3.90. The maximum Gasteiger partial charge on any atom is 0.0502 e. The molecule has 0 bridgehead atoms. The molecule has 0 aromatic rings. The SMILES string of the molecule is CCC(CN)(CO)C1CCCCC1. The second-order valence-electron chi connectivity index (χ2n) is 4.41. The highest BCUT2D eigenvalue weighted by atomic mass is 16.3. The van der Waals surface area contributed by atoms with Crippen LogP contribution in [0.2, 0.25) is 0 Å². The molecule has 2 heteroatoms. The molecule has 2 nitrogen and oxygen atoms in total. The van der Waals surface area contributed by atoms with Crippen LogP contribution in [-0.4, -0.2) is 18.3 Å². The third-order valence-corrected chi connectivity index (χ3v) is 3.90. The summed E-state index contributed by atoms with van der Waals surface area (Å²) in [5.41, 5.74) is 5.83. The van der Waals surface area contributed by atoms with E-state index in [1.807, 2.05) is 0 Å². The molecule has 0 aromatic carbocycles. The lowest BCUT2D eigenvalue weighted by atomic mass is 9.67. The predicted molar refractivity (Wildman–Crippen MR) is 55.4 cm³/mol. The van der Waals surface area contributed by atoms with Gasteiger partial charge in [0.15, 0.2) is 0 Å². The summed E-state index contributed by atoms with van der Waals surface area (Å²) in [5.74, 6) is 0.668. The molecule has 1 rings (SSSR count). The number of aliphatic hydroxyl groups excluding tert-OH is 1. The minimum absolute atomic E-state index is 0.0282. The third kappa shape index (κ3) is 2.23. The van der Waals surface area contributed by atoms with Gasteiger partial charge in [-0.3, -0.25) is 0 Å². The lowest BCUT2D eigenvalue weighted by Gasteiger charge is -2.40. The second kappa shape index (κ2) is 4.97. The summed E-state index contributed by atoms with van der Waals surface area (Å²) >= 11 is 0.